The van der Waals surface area contributed by atoms with Gasteiger partial charge in [0.1, 0.15) is 6.04 Å². The number of nitrogens with zero attached hydrogens (tertiary/aromatic N) is 1. The molecule has 3 nitrogen and oxygen atoms in total. The second-order valence-electron chi connectivity index (χ2n) is 5.20. The zero-order valence-electron chi connectivity index (χ0n) is 11.2. The van der Waals surface area contributed by atoms with E-state index in [1.165, 1.54) is 5.75 Å². The van der Waals surface area contributed by atoms with E-state index in [0.29, 0.717) is 6.04 Å². The highest BCUT2D eigenvalue weighted by Crippen LogP contribution is 2.32. The second kappa shape index (κ2) is 5.55. The first-order valence-electron chi connectivity index (χ1n) is 7.02. The molecule has 102 valence electrons. The molecule has 1 aromatic rings. The summed E-state index contributed by atoms with van der Waals surface area (Å²) in [7, 11) is 0. The number of thioether (sulfide) groups is 1. The lowest BCUT2D eigenvalue weighted by molar-refractivity contribution is -0.131. The highest BCUT2D eigenvalue weighted by Gasteiger charge is 2.42. The largest absolute Gasteiger partial charge is 0.322 e. The molecule has 0 aliphatic carbocycles. The highest BCUT2D eigenvalue weighted by molar-refractivity contribution is 7.99. The van der Waals surface area contributed by atoms with Gasteiger partial charge in [-0.3, -0.25) is 10.1 Å². The Labute approximate surface area is 118 Å². The van der Waals surface area contributed by atoms with Crippen LogP contribution in [0.5, 0.6) is 0 Å². The van der Waals surface area contributed by atoms with Crippen LogP contribution in [-0.4, -0.2) is 34.5 Å². The van der Waals surface area contributed by atoms with Crippen LogP contribution in [0.4, 0.5) is 0 Å². The van der Waals surface area contributed by atoms with Crippen molar-refractivity contribution in [3.05, 3.63) is 35.9 Å². The molecule has 1 N–H and O–H groups in total. The third-order valence-electron chi connectivity index (χ3n) is 4.01. The number of benzene rings is 1. The Morgan fingerprint density at radius 3 is 2.79 bits per heavy atom. The number of carbonyl (C=O) groups excluding carboxylic acids is 1. The van der Waals surface area contributed by atoms with Crippen LogP contribution in [0.1, 0.15) is 31.4 Å². The fraction of sp³-hybridized carbons (Fsp3) is 0.533. The van der Waals surface area contributed by atoms with Gasteiger partial charge in [-0.2, -0.15) is 11.8 Å². The van der Waals surface area contributed by atoms with Crippen molar-refractivity contribution in [2.24, 2.45) is 0 Å². The summed E-state index contributed by atoms with van der Waals surface area (Å²) in [6, 6.07) is 10.3. The quantitative estimate of drug-likeness (QED) is 0.920. The maximum absolute atomic E-state index is 12.7. The molecule has 1 amide bonds. The number of amides is 1. The van der Waals surface area contributed by atoms with Crippen molar-refractivity contribution in [1.29, 1.82) is 0 Å². The molecule has 0 aromatic heterocycles. The molecule has 2 aliphatic heterocycles. The Morgan fingerprint density at radius 1 is 1.37 bits per heavy atom. The van der Waals surface area contributed by atoms with Crippen molar-refractivity contribution in [3.63, 3.8) is 0 Å². The zero-order chi connectivity index (χ0) is 13.2. The van der Waals surface area contributed by atoms with Crippen LogP contribution in [0.2, 0.25) is 0 Å². The van der Waals surface area contributed by atoms with Crippen LogP contribution in [0, 0.1) is 0 Å². The first-order valence-corrected chi connectivity index (χ1v) is 8.17. The van der Waals surface area contributed by atoms with Crippen molar-refractivity contribution in [3.8, 4) is 0 Å². The average Bonchev–Trinajstić information content (AvgIpc) is 3.06. The van der Waals surface area contributed by atoms with Crippen LogP contribution >= 0.6 is 11.8 Å². The summed E-state index contributed by atoms with van der Waals surface area (Å²) >= 11 is 1.96. The van der Waals surface area contributed by atoms with E-state index in [-0.39, 0.29) is 18.1 Å². The van der Waals surface area contributed by atoms with Crippen LogP contribution in [-0.2, 0) is 4.79 Å². The van der Waals surface area contributed by atoms with Gasteiger partial charge >= 0.3 is 0 Å². The third-order valence-corrected chi connectivity index (χ3v) is 5.16. The molecule has 0 spiro atoms. The minimum Gasteiger partial charge on any atom is -0.322 e. The Hall–Kier alpha value is -1.00. The Bertz CT molecular complexity index is 445. The van der Waals surface area contributed by atoms with Crippen molar-refractivity contribution in [2.45, 2.75) is 38.0 Å². The van der Waals surface area contributed by atoms with E-state index < -0.39 is 0 Å². The molecule has 3 rings (SSSR count). The van der Waals surface area contributed by atoms with E-state index >= 15 is 0 Å². The predicted octanol–water partition coefficient (Wildman–Crippen LogP) is 2.40. The van der Waals surface area contributed by atoms with Crippen LogP contribution in [0.3, 0.4) is 0 Å². The van der Waals surface area contributed by atoms with Gasteiger partial charge in [0.2, 0.25) is 5.91 Å². The van der Waals surface area contributed by atoms with Gasteiger partial charge in [-0.15, -0.1) is 0 Å². The van der Waals surface area contributed by atoms with E-state index in [0.717, 1.165) is 24.2 Å². The molecule has 4 heteroatoms. The van der Waals surface area contributed by atoms with E-state index in [4.69, 9.17) is 0 Å². The molecule has 2 heterocycles. The number of nitrogens with one attached hydrogen (secondary N) is 1. The van der Waals surface area contributed by atoms with Gasteiger partial charge in [-0.25, -0.2) is 0 Å². The van der Waals surface area contributed by atoms with Crippen LogP contribution in [0.25, 0.3) is 0 Å². The Balaban J connectivity index is 1.84. The number of carbonyl (C=O) groups is 1. The number of hydrogen-bond acceptors (Lipinski definition) is 3. The van der Waals surface area contributed by atoms with Crippen molar-refractivity contribution < 1.29 is 4.79 Å². The third kappa shape index (κ3) is 2.39. The van der Waals surface area contributed by atoms with Gasteiger partial charge in [-0.1, -0.05) is 37.3 Å². The maximum Gasteiger partial charge on any atom is 0.245 e. The fourth-order valence-corrected chi connectivity index (χ4v) is 4.23. The molecular weight excluding hydrogens is 256 g/mol. The molecule has 0 radical (unpaired) electrons. The highest BCUT2D eigenvalue weighted by atomic mass is 32.2. The summed E-state index contributed by atoms with van der Waals surface area (Å²) in [5.41, 5.74) is 1.08. The van der Waals surface area contributed by atoms with Gasteiger partial charge in [0.15, 0.2) is 0 Å². The molecule has 0 bridgehead atoms. The predicted molar refractivity (Wildman–Crippen MR) is 79.0 cm³/mol. The monoisotopic (exact) mass is 276 g/mol. The zero-order valence-corrected chi connectivity index (χ0v) is 12.0. The minimum absolute atomic E-state index is 0.156. The average molecular weight is 276 g/mol. The standard InChI is InChI=1S/C15H20N2OS/c1-2-13-16-14(11-6-4-3-5-7-11)15(18)17(13)12-8-9-19-10-12/h3-7,12-14,16H,2,8-10H2,1H3. The molecule has 1 aromatic carbocycles. The second-order valence-corrected chi connectivity index (χ2v) is 6.35. The van der Waals surface area contributed by atoms with Crippen molar-refractivity contribution in [1.82, 2.24) is 10.2 Å². The summed E-state index contributed by atoms with van der Waals surface area (Å²) in [4.78, 5) is 14.8. The van der Waals surface area contributed by atoms with Gasteiger partial charge in [-0.05, 0) is 24.2 Å². The first-order chi connectivity index (χ1) is 9.31. The van der Waals surface area contributed by atoms with E-state index in [1.807, 2.05) is 42.1 Å². The van der Waals surface area contributed by atoms with Gasteiger partial charge in [0, 0.05) is 11.8 Å². The molecule has 3 unspecified atom stereocenters. The van der Waals surface area contributed by atoms with Crippen molar-refractivity contribution in [2.75, 3.05) is 11.5 Å². The van der Waals surface area contributed by atoms with Gasteiger partial charge < -0.3 is 4.90 Å². The smallest absolute Gasteiger partial charge is 0.245 e. The van der Waals surface area contributed by atoms with Crippen LogP contribution in [0.15, 0.2) is 30.3 Å². The van der Waals surface area contributed by atoms with Gasteiger partial charge in [0.05, 0.1) is 6.17 Å². The fourth-order valence-electron chi connectivity index (χ4n) is 3.02. The normalized spacial score (nSPS) is 31.1. The van der Waals surface area contributed by atoms with E-state index in [2.05, 4.69) is 17.1 Å². The lowest BCUT2D eigenvalue weighted by Crippen LogP contribution is -2.44. The summed E-state index contributed by atoms with van der Waals surface area (Å²) in [5.74, 6) is 2.53. The number of hydrogen-bond donors (Lipinski definition) is 1. The maximum atomic E-state index is 12.7. The summed E-state index contributed by atoms with van der Waals surface area (Å²) in [6.07, 6.45) is 2.30. The lowest BCUT2D eigenvalue weighted by atomic mass is 10.1. The minimum atomic E-state index is -0.156. The van der Waals surface area contributed by atoms with E-state index in [1.54, 1.807) is 0 Å². The SMILES string of the molecule is CCC1NC(c2ccccc2)C(=O)N1C1CCSC1. The molecular formula is C15H20N2OS. The Kier molecular flexibility index (Phi) is 3.80. The Morgan fingerprint density at radius 2 is 2.16 bits per heavy atom. The van der Waals surface area contributed by atoms with Gasteiger partial charge in [0.25, 0.3) is 0 Å². The lowest BCUT2D eigenvalue weighted by Gasteiger charge is -2.28. The molecule has 0 saturated carbocycles. The number of rotatable bonds is 3. The summed E-state index contributed by atoms with van der Waals surface area (Å²) < 4.78 is 0. The van der Waals surface area contributed by atoms with Crippen LogP contribution < -0.4 is 5.32 Å². The molecule has 2 fully saturated rings. The topological polar surface area (TPSA) is 32.3 Å². The molecule has 3 atom stereocenters. The molecule has 2 aliphatic rings. The van der Waals surface area contributed by atoms with Crippen molar-refractivity contribution >= 4 is 17.7 Å². The summed E-state index contributed by atoms with van der Waals surface area (Å²) in [5, 5.41) is 3.50. The summed E-state index contributed by atoms with van der Waals surface area (Å²) in [6.45, 7) is 2.15. The molecule has 19 heavy (non-hydrogen) atoms. The van der Waals surface area contributed by atoms with E-state index in [9.17, 15) is 4.79 Å². The first kappa shape index (κ1) is 13.0. The molecule has 2 saturated heterocycles.